The van der Waals surface area contributed by atoms with Crippen LogP contribution in [0, 0.1) is 0 Å². The molecule has 8 heteroatoms. The Morgan fingerprint density at radius 3 is 2.87 bits per heavy atom. The van der Waals surface area contributed by atoms with Crippen molar-refractivity contribution in [1.82, 2.24) is 24.6 Å². The van der Waals surface area contributed by atoms with Crippen LogP contribution in [0.15, 0.2) is 34.3 Å². The zero-order valence-electron chi connectivity index (χ0n) is 13.0. The molecule has 0 radical (unpaired) electrons. The van der Waals surface area contributed by atoms with E-state index >= 15 is 0 Å². The Kier molecular flexibility index (Phi) is 3.96. The number of fused-ring (bicyclic) bond motifs is 1. The average Bonchev–Trinajstić information content (AvgIpc) is 3.30. The van der Waals surface area contributed by atoms with E-state index in [0.717, 1.165) is 38.5 Å². The van der Waals surface area contributed by atoms with Crippen molar-refractivity contribution in [1.29, 1.82) is 0 Å². The van der Waals surface area contributed by atoms with Crippen molar-refractivity contribution in [2.24, 2.45) is 0 Å². The molecule has 122 valence electrons. The van der Waals surface area contributed by atoms with Crippen LogP contribution in [0.1, 0.15) is 23.5 Å². The number of nitrogens with zero attached hydrogens (tertiary/aromatic N) is 5. The Balaban J connectivity index is 1.60. The van der Waals surface area contributed by atoms with Crippen LogP contribution in [0.5, 0.6) is 0 Å². The molecule has 2 unspecified atom stereocenters. The van der Waals surface area contributed by atoms with Gasteiger partial charge in [-0.2, -0.15) is 9.78 Å². The molecule has 7 nitrogen and oxygen atoms in total. The number of likely N-dealkylation sites (N-methyl/N-ethyl adjacent to an activating group) is 1. The topological polar surface area (TPSA) is 67.4 Å². The molecule has 0 aromatic carbocycles. The lowest BCUT2D eigenvalue weighted by atomic mass is 10.1. The maximum atomic E-state index is 12.7. The minimum absolute atomic E-state index is 0.0122. The highest BCUT2D eigenvalue weighted by Crippen LogP contribution is 2.40. The quantitative estimate of drug-likeness (QED) is 0.837. The van der Waals surface area contributed by atoms with Crippen molar-refractivity contribution in [3.8, 4) is 0 Å². The second kappa shape index (κ2) is 6.10. The second-order valence-electron chi connectivity index (χ2n) is 5.76. The van der Waals surface area contributed by atoms with Crippen LogP contribution >= 0.6 is 11.8 Å². The number of thioether (sulfide) groups is 1. The van der Waals surface area contributed by atoms with Gasteiger partial charge in [-0.1, -0.05) is 18.7 Å². The maximum Gasteiger partial charge on any atom is 0.265 e. The lowest BCUT2D eigenvalue weighted by molar-refractivity contribution is 0.0694. The normalized spacial score (nSPS) is 24.0. The zero-order chi connectivity index (χ0) is 15.8. The number of rotatable bonds is 4. The van der Waals surface area contributed by atoms with E-state index in [1.807, 2.05) is 12.1 Å². The summed E-state index contributed by atoms with van der Waals surface area (Å²) in [7, 11) is 0. The number of carbonyl (C=O) groups excluding carboxylic acids is 1. The average molecular weight is 333 g/mol. The summed E-state index contributed by atoms with van der Waals surface area (Å²) in [6, 6.07) is 3.76. The lowest BCUT2D eigenvalue weighted by Gasteiger charge is -2.39. The molecule has 2 aromatic heterocycles. The van der Waals surface area contributed by atoms with Crippen molar-refractivity contribution in [2.75, 3.05) is 32.7 Å². The van der Waals surface area contributed by atoms with Gasteiger partial charge in [0.25, 0.3) is 5.91 Å². The first kappa shape index (κ1) is 14.9. The van der Waals surface area contributed by atoms with Gasteiger partial charge < -0.3 is 9.32 Å². The predicted octanol–water partition coefficient (Wildman–Crippen LogP) is 1.36. The molecule has 0 saturated carbocycles. The van der Waals surface area contributed by atoms with Crippen molar-refractivity contribution in [3.63, 3.8) is 0 Å². The van der Waals surface area contributed by atoms with Crippen LogP contribution in [0.25, 0.3) is 0 Å². The molecule has 2 aromatic rings. The maximum absolute atomic E-state index is 12.7. The largest absolute Gasteiger partial charge is 0.468 e. The van der Waals surface area contributed by atoms with E-state index < -0.39 is 0 Å². The third-order valence-electron chi connectivity index (χ3n) is 4.57. The number of aromatic nitrogens is 3. The highest BCUT2D eigenvalue weighted by atomic mass is 32.2. The molecule has 0 bridgehead atoms. The highest BCUT2D eigenvalue weighted by Gasteiger charge is 2.44. The molecule has 2 aliphatic rings. The van der Waals surface area contributed by atoms with Gasteiger partial charge in [-0.15, -0.1) is 0 Å². The molecule has 1 saturated heterocycles. The predicted molar refractivity (Wildman–Crippen MR) is 85.4 cm³/mol. The second-order valence-corrected chi connectivity index (χ2v) is 6.87. The fourth-order valence-electron chi connectivity index (χ4n) is 3.28. The summed E-state index contributed by atoms with van der Waals surface area (Å²) >= 11 is 1.48. The van der Waals surface area contributed by atoms with Crippen molar-refractivity contribution in [3.05, 3.63) is 30.5 Å². The Hall–Kier alpha value is -1.64. The van der Waals surface area contributed by atoms with E-state index in [1.54, 1.807) is 6.26 Å². The van der Waals surface area contributed by atoms with Crippen molar-refractivity contribution >= 4 is 17.7 Å². The molecule has 0 spiro atoms. The van der Waals surface area contributed by atoms with Gasteiger partial charge in [-0.3, -0.25) is 9.69 Å². The summed E-state index contributed by atoms with van der Waals surface area (Å²) in [5, 5.41) is 4.45. The van der Waals surface area contributed by atoms with Crippen LogP contribution in [0.3, 0.4) is 0 Å². The van der Waals surface area contributed by atoms with Crippen LogP contribution in [0.4, 0.5) is 0 Å². The minimum Gasteiger partial charge on any atom is -0.468 e. The Labute approximate surface area is 138 Å². The van der Waals surface area contributed by atoms with E-state index in [1.165, 1.54) is 22.8 Å². The number of hydrogen-bond acceptors (Lipinski definition) is 7. The summed E-state index contributed by atoms with van der Waals surface area (Å²) in [6.45, 7) is 7.14. The third-order valence-corrected chi connectivity index (χ3v) is 5.77. The van der Waals surface area contributed by atoms with E-state index in [4.69, 9.17) is 4.42 Å². The standard InChI is InChI=1S/C15H19N5O2S/c1-2-18-5-7-19(8-6-18)12(11-4-3-9-22-11)13-14(21)20-15(23-13)16-10-17-20/h3-4,9-10,12-13H,2,5-8H2,1H3. The molecule has 4 heterocycles. The molecule has 1 fully saturated rings. The van der Waals surface area contributed by atoms with E-state index in [-0.39, 0.29) is 17.2 Å². The van der Waals surface area contributed by atoms with Crippen molar-refractivity contribution < 1.29 is 9.21 Å². The molecule has 23 heavy (non-hydrogen) atoms. The highest BCUT2D eigenvalue weighted by molar-refractivity contribution is 8.00. The van der Waals surface area contributed by atoms with Gasteiger partial charge in [0, 0.05) is 26.2 Å². The molecule has 0 N–H and O–H groups in total. The first-order valence-electron chi connectivity index (χ1n) is 7.88. The number of hydrogen-bond donors (Lipinski definition) is 0. The number of carbonyl (C=O) groups is 1. The fraction of sp³-hybridized carbons (Fsp3) is 0.533. The van der Waals surface area contributed by atoms with Crippen molar-refractivity contribution in [2.45, 2.75) is 23.4 Å². The Bertz CT molecular complexity index is 678. The third kappa shape index (κ3) is 2.60. The van der Waals surface area contributed by atoms with E-state index in [9.17, 15) is 4.79 Å². The van der Waals surface area contributed by atoms with Crippen LogP contribution in [-0.2, 0) is 0 Å². The summed E-state index contributed by atoms with van der Waals surface area (Å²) in [5.74, 6) is 0.827. The minimum atomic E-state index is -0.259. The molecular formula is C15H19N5O2S. The summed E-state index contributed by atoms with van der Waals surface area (Å²) in [5.41, 5.74) is 0. The Morgan fingerprint density at radius 2 is 2.22 bits per heavy atom. The summed E-state index contributed by atoms with van der Waals surface area (Å²) in [4.78, 5) is 21.7. The van der Waals surface area contributed by atoms with E-state index in [0.29, 0.717) is 5.16 Å². The monoisotopic (exact) mass is 333 g/mol. The number of furan rings is 1. The molecule has 0 amide bonds. The zero-order valence-corrected chi connectivity index (χ0v) is 13.8. The first-order valence-corrected chi connectivity index (χ1v) is 8.76. The number of piperazine rings is 1. The summed E-state index contributed by atoms with van der Waals surface area (Å²) in [6.07, 6.45) is 3.10. The van der Waals surface area contributed by atoms with Gasteiger partial charge in [0.1, 0.15) is 17.3 Å². The van der Waals surface area contributed by atoms with Gasteiger partial charge in [0.05, 0.1) is 12.3 Å². The smallest absolute Gasteiger partial charge is 0.265 e. The summed E-state index contributed by atoms with van der Waals surface area (Å²) < 4.78 is 7.08. The molecule has 0 aliphatic carbocycles. The Morgan fingerprint density at radius 1 is 1.39 bits per heavy atom. The van der Waals surface area contributed by atoms with Gasteiger partial charge in [0.15, 0.2) is 5.16 Å². The van der Waals surface area contributed by atoms with Gasteiger partial charge in [-0.25, -0.2) is 4.98 Å². The van der Waals surface area contributed by atoms with Crippen LogP contribution < -0.4 is 0 Å². The van der Waals surface area contributed by atoms with E-state index in [2.05, 4.69) is 26.8 Å². The first-order chi connectivity index (χ1) is 11.3. The molecule has 2 atom stereocenters. The molecular weight excluding hydrogens is 314 g/mol. The molecule has 2 aliphatic heterocycles. The van der Waals surface area contributed by atoms with Crippen LogP contribution in [0.2, 0.25) is 0 Å². The van der Waals surface area contributed by atoms with Crippen LogP contribution in [-0.4, -0.2) is 68.4 Å². The van der Waals surface area contributed by atoms with Gasteiger partial charge >= 0.3 is 0 Å². The SMILES string of the molecule is CCN1CCN(C(c2ccco2)C2Sc3ncnn3C2=O)CC1. The van der Waals surface area contributed by atoms with Gasteiger partial charge in [-0.05, 0) is 18.7 Å². The molecule has 4 rings (SSSR count). The fourth-order valence-corrected chi connectivity index (χ4v) is 4.49. The van der Waals surface area contributed by atoms with Gasteiger partial charge in [0.2, 0.25) is 0 Å². The lowest BCUT2D eigenvalue weighted by Crippen LogP contribution is -2.50.